The van der Waals surface area contributed by atoms with Gasteiger partial charge in [-0.25, -0.2) is 4.98 Å². The van der Waals surface area contributed by atoms with E-state index in [4.69, 9.17) is 4.74 Å². The van der Waals surface area contributed by atoms with Crippen molar-refractivity contribution in [2.45, 2.75) is 39.9 Å². The average molecular weight is 222 g/mol. The number of nitrogens with one attached hydrogen (secondary N) is 1. The molecule has 90 valence electrons. The van der Waals surface area contributed by atoms with Crippen LogP contribution in [0, 0.1) is 5.92 Å². The van der Waals surface area contributed by atoms with Gasteiger partial charge in [-0.3, -0.25) is 0 Å². The van der Waals surface area contributed by atoms with E-state index in [1.165, 1.54) is 0 Å². The highest BCUT2D eigenvalue weighted by molar-refractivity contribution is 5.36. The molecule has 0 aliphatic heterocycles. The zero-order chi connectivity index (χ0) is 12.0. The summed E-state index contributed by atoms with van der Waals surface area (Å²) in [6, 6.07) is 4.00. The van der Waals surface area contributed by atoms with Crippen molar-refractivity contribution in [2.24, 2.45) is 5.92 Å². The number of aromatic nitrogens is 1. The topological polar surface area (TPSA) is 34.1 Å². The molecule has 1 unspecified atom stereocenters. The molecule has 0 radical (unpaired) electrons. The lowest BCUT2D eigenvalue weighted by Crippen LogP contribution is -2.11. The van der Waals surface area contributed by atoms with E-state index in [2.05, 4.69) is 31.1 Å². The highest BCUT2D eigenvalue weighted by atomic mass is 16.5. The Hall–Kier alpha value is -1.09. The Balaban J connectivity index is 2.41. The van der Waals surface area contributed by atoms with E-state index in [0.29, 0.717) is 18.6 Å². The molecule has 3 heteroatoms. The fourth-order valence-corrected chi connectivity index (χ4v) is 1.67. The lowest BCUT2D eigenvalue weighted by molar-refractivity contribution is 0.0397. The Kier molecular flexibility index (Phi) is 5.26. The SMILES string of the molecule is CNc1cc(COC(C)CC(C)C)ccn1. The molecule has 1 N–H and O–H groups in total. The molecule has 1 aromatic rings. The van der Waals surface area contributed by atoms with Crippen molar-refractivity contribution in [3.05, 3.63) is 23.9 Å². The minimum atomic E-state index is 0.311. The van der Waals surface area contributed by atoms with Gasteiger partial charge in [-0.05, 0) is 37.0 Å². The van der Waals surface area contributed by atoms with Gasteiger partial charge in [0.25, 0.3) is 0 Å². The van der Waals surface area contributed by atoms with Crippen molar-refractivity contribution in [2.75, 3.05) is 12.4 Å². The lowest BCUT2D eigenvalue weighted by atomic mass is 10.1. The Morgan fingerprint density at radius 3 is 2.75 bits per heavy atom. The highest BCUT2D eigenvalue weighted by Gasteiger charge is 2.05. The Labute approximate surface area is 98.2 Å². The van der Waals surface area contributed by atoms with Crippen LogP contribution in [0.15, 0.2) is 18.3 Å². The normalized spacial score (nSPS) is 12.8. The number of anilines is 1. The summed E-state index contributed by atoms with van der Waals surface area (Å²) in [6.45, 7) is 7.21. The van der Waals surface area contributed by atoms with Crippen LogP contribution in [0.25, 0.3) is 0 Å². The molecule has 0 aliphatic rings. The molecule has 0 fully saturated rings. The van der Waals surface area contributed by atoms with E-state index < -0.39 is 0 Å². The maximum atomic E-state index is 5.78. The van der Waals surface area contributed by atoms with Gasteiger partial charge in [-0.15, -0.1) is 0 Å². The maximum Gasteiger partial charge on any atom is 0.125 e. The number of rotatable bonds is 6. The number of pyridine rings is 1. The zero-order valence-corrected chi connectivity index (χ0v) is 10.7. The number of ether oxygens (including phenoxy) is 1. The van der Waals surface area contributed by atoms with Gasteiger partial charge in [0, 0.05) is 13.2 Å². The number of nitrogens with zero attached hydrogens (tertiary/aromatic N) is 1. The first-order valence-electron chi connectivity index (χ1n) is 5.86. The molecule has 1 rings (SSSR count). The number of hydrogen-bond donors (Lipinski definition) is 1. The molecule has 0 amide bonds. The monoisotopic (exact) mass is 222 g/mol. The van der Waals surface area contributed by atoms with Gasteiger partial charge in [0.15, 0.2) is 0 Å². The molecule has 1 atom stereocenters. The van der Waals surface area contributed by atoms with Crippen LogP contribution >= 0.6 is 0 Å². The van der Waals surface area contributed by atoms with Crippen molar-refractivity contribution < 1.29 is 4.74 Å². The van der Waals surface area contributed by atoms with Gasteiger partial charge >= 0.3 is 0 Å². The maximum absolute atomic E-state index is 5.78. The number of hydrogen-bond acceptors (Lipinski definition) is 3. The van der Waals surface area contributed by atoms with Gasteiger partial charge in [0.2, 0.25) is 0 Å². The first kappa shape index (κ1) is 13.0. The Bertz CT molecular complexity index is 313. The Morgan fingerprint density at radius 1 is 1.38 bits per heavy atom. The van der Waals surface area contributed by atoms with Crippen molar-refractivity contribution in [1.82, 2.24) is 4.98 Å². The standard InChI is InChI=1S/C13H22N2O/c1-10(2)7-11(3)16-9-12-5-6-15-13(8-12)14-4/h5-6,8,10-11H,7,9H2,1-4H3,(H,14,15). The molecule has 0 spiro atoms. The van der Waals surface area contributed by atoms with E-state index >= 15 is 0 Å². The van der Waals surface area contributed by atoms with Gasteiger partial charge in [0.1, 0.15) is 5.82 Å². The van der Waals surface area contributed by atoms with Crippen LogP contribution in [0.3, 0.4) is 0 Å². The summed E-state index contributed by atoms with van der Waals surface area (Å²) >= 11 is 0. The fraction of sp³-hybridized carbons (Fsp3) is 0.615. The van der Waals surface area contributed by atoms with Crippen LogP contribution in [0.2, 0.25) is 0 Å². The van der Waals surface area contributed by atoms with E-state index in [-0.39, 0.29) is 0 Å². The quantitative estimate of drug-likeness (QED) is 0.803. The predicted octanol–water partition coefficient (Wildman–Crippen LogP) is 3.07. The van der Waals surface area contributed by atoms with Crippen LogP contribution < -0.4 is 5.32 Å². The molecule has 3 nitrogen and oxygen atoms in total. The Morgan fingerprint density at radius 2 is 2.12 bits per heavy atom. The van der Waals surface area contributed by atoms with Crippen LogP contribution in [-0.2, 0) is 11.3 Å². The molecule has 0 aliphatic carbocycles. The second-order valence-corrected chi connectivity index (χ2v) is 4.55. The molecule has 1 heterocycles. The zero-order valence-electron chi connectivity index (χ0n) is 10.7. The predicted molar refractivity (Wildman–Crippen MR) is 67.5 cm³/mol. The largest absolute Gasteiger partial charge is 0.374 e. The van der Waals surface area contributed by atoms with E-state index in [0.717, 1.165) is 17.8 Å². The molecule has 1 aromatic heterocycles. The second kappa shape index (κ2) is 6.48. The minimum absolute atomic E-state index is 0.311. The van der Waals surface area contributed by atoms with Crippen LogP contribution in [-0.4, -0.2) is 18.1 Å². The van der Waals surface area contributed by atoms with Crippen LogP contribution in [0.4, 0.5) is 5.82 Å². The minimum Gasteiger partial charge on any atom is -0.374 e. The molecular formula is C13H22N2O. The van der Waals surface area contributed by atoms with Crippen molar-refractivity contribution in [3.63, 3.8) is 0 Å². The fourth-order valence-electron chi connectivity index (χ4n) is 1.67. The van der Waals surface area contributed by atoms with E-state index in [1.807, 2.05) is 19.2 Å². The van der Waals surface area contributed by atoms with Crippen LogP contribution in [0.5, 0.6) is 0 Å². The first-order valence-corrected chi connectivity index (χ1v) is 5.86. The van der Waals surface area contributed by atoms with Crippen molar-refractivity contribution in [3.8, 4) is 0 Å². The molecule has 0 saturated carbocycles. The average Bonchev–Trinajstić information content (AvgIpc) is 2.26. The van der Waals surface area contributed by atoms with Gasteiger partial charge in [-0.1, -0.05) is 13.8 Å². The first-order chi connectivity index (χ1) is 7.61. The third kappa shape index (κ3) is 4.62. The highest BCUT2D eigenvalue weighted by Crippen LogP contribution is 2.12. The van der Waals surface area contributed by atoms with E-state index in [1.54, 1.807) is 6.20 Å². The molecule has 0 bridgehead atoms. The second-order valence-electron chi connectivity index (χ2n) is 4.55. The third-order valence-electron chi connectivity index (χ3n) is 2.42. The van der Waals surface area contributed by atoms with Gasteiger partial charge in [0.05, 0.1) is 12.7 Å². The van der Waals surface area contributed by atoms with Crippen molar-refractivity contribution in [1.29, 1.82) is 0 Å². The van der Waals surface area contributed by atoms with Gasteiger partial charge < -0.3 is 10.1 Å². The van der Waals surface area contributed by atoms with E-state index in [9.17, 15) is 0 Å². The summed E-state index contributed by atoms with van der Waals surface area (Å²) in [6.07, 6.45) is 3.22. The summed E-state index contributed by atoms with van der Waals surface area (Å²) in [7, 11) is 1.87. The van der Waals surface area contributed by atoms with Crippen LogP contribution in [0.1, 0.15) is 32.8 Å². The smallest absolute Gasteiger partial charge is 0.125 e. The summed E-state index contributed by atoms with van der Waals surface area (Å²) < 4.78 is 5.78. The molecule has 0 aromatic carbocycles. The molecule has 0 saturated heterocycles. The molecule has 16 heavy (non-hydrogen) atoms. The third-order valence-corrected chi connectivity index (χ3v) is 2.42. The molecular weight excluding hydrogens is 200 g/mol. The van der Waals surface area contributed by atoms with Gasteiger partial charge in [-0.2, -0.15) is 0 Å². The summed E-state index contributed by atoms with van der Waals surface area (Å²) in [5.41, 5.74) is 1.16. The summed E-state index contributed by atoms with van der Waals surface area (Å²) in [5, 5.41) is 3.02. The van der Waals surface area contributed by atoms with Crippen molar-refractivity contribution >= 4 is 5.82 Å². The summed E-state index contributed by atoms with van der Waals surface area (Å²) in [5.74, 6) is 1.57. The summed E-state index contributed by atoms with van der Waals surface area (Å²) in [4.78, 5) is 4.17. The lowest BCUT2D eigenvalue weighted by Gasteiger charge is -2.15.